The molecule has 0 aromatic heterocycles. The maximum absolute atomic E-state index is 12.2. The van der Waals surface area contributed by atoms with Crippen LogP contribution in [0.4, 0.5) is 0 Å². The van der Waals surface area contributed by atoms with Crippen molar-refractivity contribution in [3.63, 3.8) is 0 Å². The fraction of sp³-hybridized carbons (Fsp3) is 0.526. The largest absolute Gasteiger partial charge is 0.462 e. The van der Waals surface area contributed by atoms with E-state index in [9.17, 15) is 19.5 Å². The van der Waals surface area contributed by atoms with Crippen LogP contribution in [0.5, 0.6) is 0 Å². The predicted octanol–water partition coefficient (Wildman–Crippen LogP) is 0.780. The summed E-state index contributed by atoms with van der Waals surface area (Å²) in [4.78, 5) is 34.3. The van der Waals surface area contributed by atoms with Crippen molar-refractivity contribution in [2.45, 2.75) is 45.1 Å². The van der Waals surface area contributed by atoms with Gasteiger partial charge in [0.2, 0.25) is 5.91 Å². The Morgan fingerprint density at radius 3 is 2.36 bits per heavy atom. The molecule has 9 heteroatoms. The van der Waals surface area contributed by atoms with E-state index in [1.54, 1.807) is 19.1 Å². The number of carbonyl (C=O) groups excluding carboxylic acids is 3. The standard InChI is InChI=1S/C19H28N2O6S/c1-12(18(24)15-7-5-4-6-8-15)21-19(25)17(20)11-28-10-16(27-14(3)23)9-26-13(2)22/h4-8,12,16-18,24H,9-11,20H2,1-3H3,(H,21,25). The smallest absolute Gasteiger partial charge is 0.303 e. The van der Waals surface area contributed by atoms with Crippen LogP contribution in [-0.4, -0.2) is 59.3 Å². The molecule has 0 fully saturated rings. The molecule has 1 aromatic rings. The molecule has 4 unspecified atom stereocenters. The van der Waals surface area contributed by atoms with E-state index in [4.69, 9.17) is 15.2 Å². The number of hydrogen-bond donors (Lipinski definition) is 3. The molecule has 0 bridgehead atoms. The van der Waals surface area contributed by atoms with Gasteiger partial charge in [-0.25, -0.2) is 0 Å². The number of aliphatic hydroxyl groups is 1. The van der Waals surface area contributed by atoms with Crippen LogP contribution in [-0.2, 0) is 23.9 Å². The number of nitrogens with two attached hydrogens (primary N) is 1. The van der Waals surface area contributed by atoms with Gasteiger partial charge in [0.05, 0.1) is 18.2 Å². The fourth-order valence-corrected chi connectivity index (χ4v) is 3.28. The Balaban J connectivity index is 2.43. The molecule has 0 radical (unpaired) electrons. The molecule has 0 saturated heterocycles. The third kappa shape index (κ3) is 9.20. The second-order valence-corrected chi connectivity index (χ2v) is 7.41. The van der Waals surface area contributed by atoms with Crippen LogP contribution >= 0.6 is 11.8 Å². The monoisotopic (exact) mass is 412 g/mol. The van der Waals surface area contributed by atoms with Crippen molar-refractivity contribution in [2.75, 3.05) is 18.1 Å². The number of esters is 2. The van der Waals surface area contributed by atoms with Crippen LogP contribution in [0.25, 0.3) is 0 Å². The van der Waals surface area contributed by atoms with Gasteiger partial charge < -0.3 is 25.6 Å². The van der Waals surface area contributed by atoms with Gasteiger partial charge in [-0.15, -0.1) is 0 Å². The number of aliphatic hydroxyl groups excluding tert-OH is 1. The molecule has 0 aliphatic rings. The van der Waals surface area contributed by atoms with Gasteiger partial charge in [0.1, 0.15) is 12.7 Å². The van der Waals surface area contributed by atoms with Crippen molar-refractivity contribution in [3.05, 3.63) is 35.9 Å². The van der Waals surface area contributed by atoms with Crippen molar-refractivity contribution in [1.82, 2.24) is 5.32 Å². The number of benzene rings is 1. The highest BCUT2D eigenvalue weighted by atomic mass is 32.2. The Morgan fingerprint density at radius 1 is 1.14 bits per heavy atom. The summed E-state index contributed by atoms with van der Waals surface area (Å²) in [7, 11) is 0. The van der Waals surface area contributed by atoms with Crippen molar-refractivity contribution < 1.29 is 29.0 Å². The lowest BCUT2D eigenvalue weighted by Gasteiger charge is -2.23. The van der Waals surface area contributed by atoms with E-state index >= 15 is 0 Å². The summed E-state index contributed by atoms with van der Waals surface area (Å²) in [6.07, 6.45) is -1.46. The van der Waals surface area contributed by atoms with E-state index in [0.717, 1.165) is 0 Å². The topological polar surface area (TPSA) is 128 Å². The summed E-state index contributed by atoms with van der Waals surface area (Å²) in [5, 5.41) is 13.0. The number of rotatable bonds is 11. The second kappa shape index (κ2) is 12.4. The summed E-state index contributed by atoms with van der Waals surface area (Å²) < 4.78 is 9.94. The minimum atomic E-state index is -0.845. The summed E-state index contributed by atoms with van der Waals surface area (Å²) in [5.74, 6) is -0.736. The summed E-state index contributed by atoms with van der Waals surface area (Å²) >= 11 is 1.31. The Labute approximate surface area is 169 Å². The van der Waals surface area contributed by atoms with Crippen molar-refractivity contribution in [3.8, 4) is 0 Å². The lowest BCUT2D eigenvalue weighted by atomic mass is 10.0. The van der Waals surface area contributed by atoms with Crippen molar-refractivity contribution in [2.24, 2.45) is 5.73 Å². The average molecular weight is 413 g/mol. The van der Waals surface area contributed by atoms with Gasteiger partial charge in [0, 0.05) is 25.4 Å². The van der Waals surface area contributed by atoms with Gasteiger partial charge in [-0.05, 0) is 12.5 Å². The zero-order valence-electron chi connectivity index (χ0n) is 16.3. The average Bonchev–Trinajstić information content (AvgIpc) is 2.65. The lowest BCUT2D eigenvalue weighted by molar-refractivity contribution is -0.154. The summed E-state index contributed by atoms with van der Waals surface area (Å²) in [6.45, 7) is 4.18. The maximum atomic E-state index is 12.2. The maximum Gasteiger partial charge on any atom is 0.303 e. The molecule has 0 spiro atoms. The normalized spacial score (nSPS) is 15.0. The highest BCUT2D eigenvalue weighted by Gasteiger charge is 2.22. The first-order valence-corrected chi connectivity index (χ1v) is 10.0. The molecule has 1 rings (SSSR count). The Bertz CT molecular complexity index is 643. The second-order valence-electron chi connectivity index (χ2n) is 6.33. The Morgan fingerprint density at radius 2 is 1.79 bits per heavy atom. The molecule has 0 heterocycles. The first-order valence-electron chi connectivity index (χ1n) is 8.88. The van der Waals surface area contributed by atoms with Gasteiger partial charge in [-0.2, -0.15) is 11.8 Å². The third-order valence-electron chi connectivity index (χ3n) is 3.73. The molecule has 8 nitrogen and oxygen atoms in total. The first kappa shape index (κ1) is 23.9. The number of amides is 1. The molecular weight excluding hydrogens is 384 g/mol. The third-order valence-corrected chi connectivity index (χ3v) is 4.93. The fourth-order valence-electron chi connectivity index (χ4n) is 2.31. The molecular formula is C19H28N2O6S. The van der Waals surface area contributed by atoms with Gasteiger partial charge >= 0.3 is 11.9 Å². The molecule has 0 aliphatic carbocycles. The highest BCUT2D eigenvalue weighted by molar-refractivity contribution is 7.99. The van der Waals surface area contributed by atoms with Gasteiger partial charge in [-0.3, -0.25) is 14.4 Å². The Kier molecular flexibility index (Phi) is 10.6. The van der Waals surface area contributed by atoms with Crippen molar-refractivity contribution >= 4 is 29.6 Å². The summed E-state index contributed by atoms with van der Waals surface area (Å²) in [5.41, 5.74) is 6.61. The molecule has 0 saturated carbocycles. The van der Waals surface area contributed by atoms with Crippen LogP contribution in [0.1, 0.15) is 32.4 Å². The predicted molar refractivity (Wildman–Crippen MR) is 106 cm³/mol. The molecule has 28 heavy (non-hydrogen) atoms. The quantitative estimate of drug-likeness (QED) is 0.455. The van der Waals surface area contributed by atoms with E-state index in [0.29, 0.717) is 11.3 Å². The minimum Gasteiger partial charge on any atom is -0.462 e. The number of carbonyl (C=O) groups is 3. The van der Waals surface area contributed by atoms with Crippen LogP contribution < -0.4 is 11.1 Å². The van der Waals surface area contributed by atoms with Crippen LogP contribution in [0.3, 0.4) is 0 Å². The molecule has 4 N–H and O–H groups in total. The number of thioether (sulfide) groups is 1. The van der Waals surface area contributed by atoms with Crippen molar-refractivity contribution in [1.29, 1.82) is 0 Å². The SMILES string of the molecule is CC(=O)OCC(CSCC(N)C(=O)NC(C)C(O)c1ccccc1)OC(C)=O. The van der Waals surface area contributed by atoms with Gasteiger partial charge in [0.25, 0.3) is 0 Å². The zero-order chi connectivity index (χ0) is 21.1. The van der Waals surface area contributed by atoms with E-state index in [2.05, 4.69) is 5.32 Å². The molecule has 1 aromatic carbocycles. The number of hydrogen-bond acceptors (Lipinski definition) is 8. The molecule has 4 atom stereocenters. The molecule has 1 amide bonds. The number of ether oxygens (including phenoxy) is 2. The summed E-state index contributed by atoms with van der Waals surface area (Å²) in [6, 6.07) is 7.71. The highest BCUT2D eigenvalue weighted by Crippen LogP contribution is 2.16. The minimum absolute atomic E-state index is 0.0519. The first-order chi connectivity index (χ1) is 13.2. The van der Waals surface area contributed by atoms with Crippen LogP contribution in [0, 0.1) is 0 Å². The van der Waals surface area contributed by atoms with Crippen LogP contribution in [0.15, 0.2) is 30.3 Å². The zero-order valence-corrected chi connectivity index (χ0v) is 17.1. The lowest BCUT2D eigenvalue weighted by Crippen LogP contribution is -2.47. The molecule has 156 valence electrons. The Hall–Kier alpha value is -2.10. The van der Waals surface area contributed by atoms with Gasteiger partial charge in [-0.1, -0.05) is 30.3 Å². The van der Waals surface area contributed by atoms with E-state index in [1.165, 1.54) is 25.6 Å². The van der Waals surface area contributed by atoms with Crippen LogP contribution in [0.2, 0.25) is 0 Å². The van der Waals surface area contributed by atoms with E-state index in [1.807, 2.05) is 18.2 Å². The van der Waals surface area contributed by atoms with E-state index < -0.39 is 36.2 Å². The number of nitrogens with one attached hydrogen (secondary N) is 1. The van der Waals surface area contributed by atoms with E-state index in [-0.39, 0.29) is 18.3 Å². The van der Waals surface area contributed by atoms with Gasteiger partial charge in [0.15, 0.2) is 0 Å². The molecule has 0 aliphatic heterocycles.